The van der Waals surface area contributed by atoms with Crippen molar-refractivity contribution in [1.29, 1.82) is 5.26 Å². The lowest BCUT2D eigenvalue weighted by Crippen LogP contribution is -2.67. The molecule has 0 atom stereocenters. The van der Waals surface area contributed by atoms with Crippen LogP contribution in [0.1, 0.15) is 59.6 Å². The first-order valence-electron chi connectivity index (χ1n) is 12.5. The third-order valence-corrected chi connectivity index (χ3v) is 8.76. The second-order valence-electron chi connectivity index (χ2n) is 11.1. The molecule has 1 aliphatic heterocycles. The summed E-state index contributed by atoms with van der Waals surface area (Å²) in [5, 5.41) is 13.2. The zero-order valence-electron chi connectivity index (χ0n) is 20.3. The van der Waals surface area contributed by atoms with Crippen molar-refractivity contribution >= 4 is 28.4 Å². The molecule has 1 aromatic carbocycles. The summed E-state index contributed by atoms with van der Waals surface area (Å²) in [6.45, 7) is 1.78. The van der Waals surface area contributed by atoms with Crippen LogP contribution in [0.2, 0.25) is 0 Å². The number of carbonyl (C=O) groups is 2. The molecule has 3 aromatic rings. The number of quaternary nitrogens is 1. The van der Waals surface area contributed by atoms with E-state index in [0.717, 1.165) is 62.0 Å². The number of hydrogen-bond donors (Lipinski definition) is 1. The maximum atomic E-state index is 13.3. The molecular weight excluding hydrogens is 438 g/mol. The molecule has 2 aromatic heterocycles. The van der Waals surface area contributed by atoms with Gasteiger partial charge in [0.2, 0.25) is 0 Å². The lowest BCUT2D eigenvalue weighted by Gasteiger charge is -2.61. The third kappa shape index (κ3) is 3.47. The number of nitrogens with one attached hydrogen (secondary N) is 1. The Morgan fingerprint density at radius 2 is 1.91 bits per heavy atom. The van der Waals surface area contributed by atoms with E-state index in [2.05, 4.69) is 35.2 Å². The molecule has 4 aliphatic rings. The first kappa shape index (κ1) is 22.0. The molecule has 1 saturated heterocycles. The van der Waals surface area contributed by atoms with Gasteiger partial charge in [-0.25, -0.2) is 4.79 Å². The number of amides is 2. The van der Waals surface area contributed by atoms with Crippen LogP contribution >= 0.6 is 0 Å². The quantitative estimate of drug-likeness (QED) is 0.577. The number of anilines is 1. The smallest absolute Gasteiger partial charge is 0.319 e. The van der Waals surface area contributed by atoms with Crippen LogP contribution in [0.4, 0.5) is 5.69 Å². The first-order chi connectivity index (χ1) is 16.8. The molecule has 3 heterocycles. The van der Waals surface area contributed by atoms with Crippen molar-refractivity contribution in [2.75, 3.05) is 25.5 Å². The van der Waals surface area contributed by atoms with Gasteiger partial charge in [0.15, 0.2) is 0 Å². The predicted molar refractivity (Wildman–Crippen MR) is 132 cm³/mol. The number of rotatable bonds is 4. The van der Waals surface area contributed by atoms with E-state index < -0.39 is 0 Å². The zero-order chi connectivity index (χ0) is 24.4. The Balaban J connectivity index is 1.21. The van der Waals surface area contributed by atoms with Crippen LogP contribution in [0.25, 0.3) is 10.9 Å². The highest BCUT2D eigenvalue weighted by Crippen LogP contribution is 2.65. The van der Waals surface area contributed by atoms with Gasteiger partial charge in [-0.05, 0) is 67.0 Å². The summed E-state index contributed by atoms with van der Waals surface area (Å²) in [5.74, 6) is 1.36. The number of aryl methyl sites for hydroxylation is 1. The summed E-state index contributed by atoms with van der Waals surface area (Å²) in [4.78, 5) is 30.2. The standard InChI is InChI=1S/C28H29N5O2/c1-32-17-23(20-6-9-33(2,10-7-20)27(35)28-13-19(14-28)15-28)22-12-21(3-4-25(22)32)31-26(34)24-11-18(16-29)5-8-30-24/h3-5,8,11-12,17,19-20H,6-7,9-10,13-15H2,1-2H3/p+1. The highest BCUT2D eigenvalue weighted by molar-refractivity contribution is 6.04. The summed E-state index contributed by atoms with van der Waals surface area (Å²) in [6, 6.07) is 11.1. The summed E-state index contributed by atoms with van der Waals surface area (Å²) in [5.41, 5.74) is 3.74. The average molecular weight is 469 g/mol. The van der Waals surface area contributed by atoms with Crippen molar-refractivity contribution in [3.8, 4) is 6.07 Å². The molecule has 0 unspecified atom stereocenters. The minimum absolute atomic E-state index is 0.0143. The van der Waals surface area contributed by atoms with Crippen LogP contribution in [-0.2, 0) is 11.8 Å². The van der Waals surface area contributed by atoms with Gasteiger partial charge in [-0.3, -0.25) is 14.3 Å². The van der Waals surface area contributed by atoms with E-state index in [0.29, 0.717) is 27.6 Å². The largest absolute Gasteiger partial charge is 0.350 e. The SMILES string of the molecule is Cn1cc(C2CC[N+](C)(C(=O)C34CC(C3)C4)CC2)c2cc(NC(=O)c3cc(C#N)ccn3)ccc21. The normalized spacial score (nSPS) is 29.1. The van der Waals surface area contributed by atoms with Crippen LogP contribution in [0, 0.1) is 22.7 Å². The third-order valence-electron chi connectivity index (χ3n) is 8.76. The summed E-state index contributed by atoms with van der Waals surface area (Å²) in [7, 11) is 4.20. The molecule has 0 radical (unpaired) electrons. The van der Waals surface area contributed by atoms with Crippen LogP contribution in [0.5, 0.6) is 0 Å². The number of nitriles is 1. The zero-order valence-corrected chi connectivity index (χ0v) is 20.3. The molecule has 2 amide bonds. The van der Waals surface area contributed by atoms with Crippen molar-refractivity contribution in [3.63, 3.8) is 0 Å². The molecule has 7 rings (SSSR count). The Morgan fingerprint density at radius 1 is 1.17 bits per heavy atom. The number of fused-ring (bicyclic) bond motifs is 1. The number of nitrogens with zero attached hydrogens (tertiary/aromatic N) is 4. The number of aromatic nitrogens is 2. The molecule has 178 valence electrons. The molecule has 1 N–H and O–H groups in total. The second kappa shape index (κ2) is 7.76. The highest BCUT2D eigenvalue weighted by atomic mass is 16.2. The summed E-state index contributed by atoms with van der Waals surface area (Å²) >= 11 is 0. The van der Waals surface area contributed by atoms with Gasteiger partial charge >= 0.3 is 5.91 Å². The number of likely N-dealkylation sites (tertiary alicyclic amines) is 1. The summed E-state index contributed by atoms with van der Waals surface area (Å²) < 4.78 is 2.73. The Morgan fingerprint density at radius 3 is 2.57 bits per heavy atom. The topological polar surface area (TPSA) is 87.8 Å². The molecule has 3 saturated carbocycles. The van der Waals surface area contributed by atoms with Crippen LogP contribution in [0.15, 0.2) is 42.7 Å². The molecule has 7 nitrogen and oxygen atoms in total. The van der Waals surface area contributed by atoms with E-state index in [-0.39, 0.29) is 17.0 Å². The Hall–Kier alpha value is -3.50. The minimum atomic E-state index is -0.336. The molecule has 2 bridgehead atoms. The van der Waals surface area contributed by atoms with Crippen molar-refractivity contribution < 1.29 is 14.1 Å². The van der Waals surface area contributed by atoms with Crippen molar-refractivity contribution in [3.05, 3.63) is 59.5 Å². The Kier molecular flexibility index (Phi) is 4.87. The number of hydrogen-bond acceptors (Lipinski definition) is 4. The van der Waals surface area contributed by atoms with Crippen molar-refractivity contribution in [2.45, 2.75) is 38.0 Å². The average Bonchev–Trinajstić information content (AvgIpc) is 3.13. The van der Waals surface area contributed by atoms with Gasteiger partial charge in [-0.1, -0.05) is 0 Å². The molecule has 3 aliphatic carbocycles. The molecule has 4 fully saturated rings. The van der Waals surface area contributed by atoms with Crippen LogP contribution in [0.3, 0.4) is 0 Å². The van der Waals surface area contributed by atoms with Gasteiger partial charge in [0, 0.05) is 48.9 Å². The van der Waals surface area contributed by atoms with Gasteiger partial charge in [0.25, 0.3) is 5.91 Å². The fourth-order valence-corrected chi connectivity index (χ4v) is 6.61. The first-order valence-corrected chi connectivity index (χ1v) is 12.5. The lowest BCUT2D eigenvalue weighted by molar-refractivity contribution is -0.845. The Bertz CT molecular complexity index is 1390. The fourth-order valence-electron chi connectivity index (χ4n) is 6.61. The van der Waals surface area contributed by atoms with Gasteiger partial charge < -0.3 is 9.88 Å². The van der Waals surface area contributed by atoms with E-state index in [4.69, 9.17) is 5.26 Å². The molecule has 7 heteroatoms. The molecule has 35 heavy (non-hydrogen) atoms. The molecular formula is C28H30N5O2+. The van der Waals surface area contributed by atoms with Gasteiger partial charge in [-0.2, -0.15) is 5.26 Å². The van der Waals surface area contributed by atoms with Crippen molar-refractivity contribution in [1.82, 2.24) is 9.55 Å². The highest BCUT2D eigenvalue weighted by Gasteiger charge is 2.66. The van der Waals surface area contributed by atoms with Gasteiger partial charge in [0.05, 0.1) is 37.2 Å². The maximum absolute atomic E-state index is 13.3. The van der Waals surface area contributed by atoms with Crippen LogP contribution in [-0.4, -0.2) is 46.0 Å². The van der Waals surface area contributed by atoms with Crippen LogP contribution < -0.4 is 5.32 Å². The van der Waals surface area contributed by atoms with E-state index in [1.165, 1.54) is 17.8 Å². The Labute approximate surface area is 205 Å². The minimum Gasteiger partial charge on any atom is -0.350 e. The van der Waals surface area contributed by atoms with E-state index in [1.807, 2.05) is 24.3 Å². The fraction of sp³-hybridized carbons (Fsp3) is 0.429. The lowest BCUT2D eigenvalue weighted by atomic mass is 9.43. The van der Waals surface area contributed by atoms with E-state index in [1.54, 1.807) is 6.07 Å². The number of pyridine rings is 1. The monoisotopic (exact) mass is 468 g/mol. The van der Waals surface area contributed by atoms with Gasteiger partial charge in [-0.15, -0.1) is 0 Å². The van der Waals surface area contributed by atoms with E-state index >= 15 is 0 Å². The number of piperidine rings is 1. The maximum Gasteiger partial charge on any atom is 0.319 e. The predicted octanol–water partition coefficient (Wildman–Crippen LogP) is 4.35. The molecule has 0 spiro atoms. The van der Waals surface area contributed by atoms with E-state index in [9.17, 15) is 9.59 Å². The summed E-state index contributed by atoms with van der Waals surface area (Å²) in [6.07, 6.45) is 9.02. The number of benzene rings is 1. The number of carbonyl (C=O) groups excluding carboxylic acids is 2. The van der Waals surface area contributed by atoms with Gasteiger partial charge in [0.1, 0.15) is 5.69 Å². The van der Waals surface area contributed by atoms with Crippen molar-refractivity contribution in [2.24, 2.45) is 18.4 Å². The second-order valence-corrected chi connectivity index (χ2v) is 11.1.